The van der Waals surface area contributed by atoms with E-state index in [0.29, 0.717) is 23.5 Å². The van der Waals surface area contributed by atoms with Gasteiger partial charge in [-0.3, -0.25) is 4.79 Å². The molecule has 19 heavy (non-hydrogen) atoms. The van der Waals surface area contributed by atoms with E-state index in [4.69, 9.17) is 14.2 Å². The fraction of sp³-hybridized carbons (Fsp3) is 0.533. The third-order valence-corrected chi connectivity index (χ3v) is 3.40. The second kappa shape index (κ2) is 6.57. The molecule has 1 aliphatic rings. The summed E-state index contributed by atoms with van der Waals surface area (Å²) in [6, 6.07) is 5.26. The Labute approximate surface area is 113 Å². The van der Waals surface area contributed by atoms with Gasteiger partial charge in [0.1, 0.15) is 11.5 Å². The lowest BCUT2D eigenvalue weighted by atomic mass is 9.99. The molecular formula is C15H20O4. The van der Waals surface area contributed by atoms with Crippen molar-refractivity contribution in [2.75, 3.05) is 20.8 Å². The lowest BCUT2D eigenvalue weighted by molar-refractivity contribution is 0.0128. The quantitative estimate of drug-likeness (QED) is 0.767. The van der Waals surface area contributed by atoms with Crippen molar-refractivity contribution in [2.24, 2.45) is 0 Å². The molecule has 0 N–H and O–H groups in total. The van der Waals surface area contributed by atoms with Crippen molar-refractivity contribution in [1.29, 1.82) is 0 Å². The van der Waals surface area contributed by atoms with E-state index in [1.54, 1.807) is 32.4 Å². The molecule has 1 aliphatic heterocycles. The van der Waals surface area contributed by atoms with Gasteiger partial charge in [-0.15, -0.1) is 0 Å². The second-order valence-electron chi connectivity index (χ2n) is 4.68. The summed E-state index contributed by atoms with van der Waals surface area (Å²) in [7, 11) is 3.15. The van der Waals surface area contributed by atoms with E-state index < -0.39 is 0 Å². The molecule has 1 saturated heterocycles. The first-order valence-electron chi connectivity index (χ1n) is 6.61. The van der Waals surface area contributed by atoms with E-state index >= 15 is 0 Å². The number of hydrogen-bond acceptors (Lipinski definition) is 4. The summed E-state index contributed by atoms with van der Waals surface area (Å²) < 4.78 is 16.0. The predicted molar refractivity (Wildman–Crippen MR) is 72.1 cm³/mol. The zero-order valence-corrected chi connectivity index (χ0v) is 11.5. The number of benzene rings is 1. The Hall–Kier alpha value is -1.55. The van der Waals surface area contributed by atoms with Crippen LogP contribution >= 0.6 is 0 Å². The van der Waals surface area contributed by atoms with Crippen LogP contribution in [0.2, 0.25) is 0 Å². The molecule has 1 fully saturated rings. The van der Waals surface area contributed by atoms with Crippen molar-refractivity contribution in [1.82, 2.24) is 0 Å². The summed E-state index contributed by atoms with van der Waals surface area (Å²) in [4.78, 5) is 12.3. The molecule has 1 aromatic carbocycles. The molecule has 4 nitrogen and oxygen atoms in total. The highest BCUT2D eigenvalue weighted by atomic mass is 16.5. The predicted octanol–water partition coefficient (Wildman–Crippen LogP) is 2.85. The average Bonchev–Trinajstić information content (AvgIpc) is 2.47. The molecule has 1 atom stereocenters. The van der Waals surface area contributed by atoms with Crippen LogP contribution in [0.3, 0.4) is 0 Å². The van der Waals surface area contributed by atoms with Crippen molar-refractivity contribution < 1.29 is 19.0 Å². The van der Waals surface area contributed by atoms with Gasteiger partial charge in [0.25, 0.3) is 0 Å². The third-order valence-electron chi connectivity index (χ3n) is 3.40. The Balaban J connectivity index is 2.09. The van der Waals surface area contributed by atoms with Crippen molar-refractivity contribution in [3.8, 4) is 11.5 Å². The van der Waals surface area contributed by atoms with Crippen molar-refractivity contribution >= 4 is 5.78 Å². The first kappa shape index (κ1) is 13.9. The van der Waals surface area contributed by atoms with E-state index in [9.17, 15) is 4.79 Å². The summed E-state index contributed by atoms with van der Waals surface area (Å²) in [5.41, 5.74) is 0.595. The van der Waals surface area contributed by atoms with Crippen LogP contribution in [0, 0.1) is 0 Å². The number of ketones is 1. The largest absolute Gasteiger partial charge is 0.497 e. The zero-order chi connectivity index (χ0) is 13.7. The zero-order valence-electron chi connectivity index (χ0n) is 11.5. The molecule has 104 valence electrons. The van der Waals surface area contributed by atoms with Gasteiger partial charge < -0.3 is 14.2 Å². The number of carbonyl (C=O) groups excluding carboxylic acids is 1. The van der Waals surface area contributed by atoms with Crippen LogP contribution in [0.1, 0.15) is 36.0 Å². The minimum Gasteiger partial charge on any atom is -0.497 e. The second-order valence-corrected chi connectivity index (χ2v) is 4.68. The highest BCUT2D eigenvalue weighted by molar-refractivity contribution is 5.99. The minimum atomic E-state index is 0.0491. The molecule has 0 saturated carbocycles. The summed E-state index contributed by atoms with van der Waals surface area (Å²) in [5.74, 6) is 1.30. The topological polar surface area (TPSA) is 44.8 Å². The van der Waals surface area contributed by atoms with Gasteiger partial charge in [-0.25, -0.2) is 0 Å². The van der Waals surface area contributed by atoms with Gasteiger partial charge in [0.2, 0.25) is 0 Å². The number of hydrogen-bond donors (Lipinski definition) is 0. The van der Waals surface area contributed by atoms with Crippen LogP contribution in [0.5, 0.6) is 11.5 Å². The van der Waals surface area contributed by atoms with Crippen molar-refractivity contribution in [2.45, 2.75) is 31.8 Å². The lowest BCUT2D eigenvalue weighted by Crippen LogP contribution is -2.22. The van der Waals surface area contributed by atoms with Gasteiger partial charge in [0.05, 0.1) is 25.9 Å². The standard InChI is InChI=1S/C15H20O4/c1-17-11-6-7-13(15(10-11)18-2)14(16)9-12-5-3-4-8-19-12/h6-7,10,12H,3-5,8-9H2,1-2H3. The number of ether oxygens (including phenoxy) is 3. The van der Waals surface area contributed by atoms with Crippen LogP contribution in [-0.2, 0) is 4.74 Å². The van der Waals surface area contributed by atoms with Crippen LogP contribution in [0.15, 0.2) is 18.2 Å². The van der Waals surface area contributed by atoms with Gasteiger partial charge in [-0.1, -0.05) is 0 Å². The summed E-state index contributed by atoms with van der Waals surface area (Å²) in [6.07, 6.45) is 3.66. The van der Waals surface area contributed by atoms with E-state index in [2.05, 4.69) is 0 Å². The minimum absolute atomic E-state index is 0.0491. The molecule has 4 heteroatoms. The van der Waals surface area contributed by atoms with Gasteiger partial charge in [-0.05, 0) is 31.4 Å². The van der Waals surface area contributed by atoms with E-state index in [0.717, 1.165) is 25.9 Å². The van der Waals surface area contributed by atoms with Gasteiger partial charge in [-0.2, -0.15) is 0 Å². The molecule has 0 amide bonds. The Kier molecular flexibility index (Phi) is 4.80. The molecule has 1 heterocycles. The van der Waals surface area contributed by atoms with E-state index in [-0.39, 0.29) is 11.9 Å². The highest BCUT2D eigenvalue weighted by Gasteiger charge is 2.21. The van der Waals surface area contributed by atoms with Crippen LogP contribution < -0.4 is 9.47 Å². The first-order chi connectivity index (χ1) is 9.24. The average molecular weight is 264 g/mol. The Morgan fingerprint density at radius 2 is 2.16 bits per heavy atom. The summed E-state index contributed by atoms with van der Waals surface area (Å²) in [5, 5.41) is 0. The third kappa shape index (κ3) is 3.47. The maximum Gasteiger partial charge on any atom is 0.169 e. The molecule has 1 unspecified atom stereocenters. The molecule has 0 aromatic heterocycles. The smallest absolute Gasteiger partial charge is 0.169 e. The monoisotopic (exact) mass is 264 g/mol. The molecule has 0 spiro atoms. The fourth-order valence-corrected chi connectivity index (χ4v) is 2.31. The van der Waals surface area contributed by atoms with Gasteiger partial charge in [0.15, 0.2) is 5.78 Å². The molecule has 0 bridgehead atoms. The SMILES string of the molecule is COc1ccc(C(=O)CC2CCCCO2)c(OC)c1. The Morgan fingerprint density at radius 1 is 1.32 bits per heavy atom. The maximum absolute atomic E-state index is 12.3. The molecule has 0 aliphatic carbocycles. The molecule has 0 radical (unpaired) electrons. The van der Waals surface area contributed by atoms with E-state index in [1.165, 1.54) is 0 Å². The van der Waals surface area contributed by atoms with Crippen LogP contribution in [-0.4, -0.2) is 32.7 Å². The number of carbonyl (C=O) groups is 1. The fourth-order valence-electron chi connectivity index (χ4n) is 2.31. The molecule has 1 aromatic rings. The Bertz CT molecular complexity index is 436. The van der Waals surface area contributed by atoms with E-state index in [1.807, 2.05) is 0 Å². The summed E-state index contributed by atoms with van der Waals surface area (Å²) >= 11 is 0. The molecular weight excluding hydrogens is 244 g/mol. The van der Waals surface area contributed by atoms with Gasteiger partial charge >= 0.3 is 0 Å². The lowest BCUT2D eigenvalue weighted by Gasteiger charge is -2.22. The van der Waals surface area contributed by atoms with Crippen LogP contribution in [0.4, 0.5) is 0 Å². The van der Waals surface area contributed by atoms with Crippen LogP contribution in [0.25, 0.3) is 0 Å². The highest BCUT2D eigenvalue weighted by Crippen LogP contribution is 2.27. The number of Topliss-reactive ketones (excluding diaryl/α,β-unsaturated/α-hetero) is 1. The number of methoxy groups -OCH3 is 2. The van der Waals surface area contributed by atoms with Crippen molar-refractivity contribution in [3.05, 3.63) is 23.8 Å². The normalized spacial score (nSPS) is 18.9. The first-order valence-corrected chi connectivity index (χ1v) is 6.61. The summed E-state index contributed by atoms with van der Waals surface area (Å²) in [6.45, 7) is 0.762. The Morgan fingerprint density at radius 3 is 2.79 bits per heavy atom. The maximum atomic E-state index is 12.3. The van der Waals surface area contributed by atoms with Gasteiger partial charge in [0, 0.05) is 19.1 Å². The number of rotatable bonds is 5. The van der Waals surface area contributed by atoms with Crippen molar-refractivity contribution in [3.63, 3.8) is 0 Å². The molecule has 2 rings (SSSR count).